The fraction of sp³-hybridized carbons (Fsp3) is 0.929. The Kier molecular flexibility index (Phi) is 4.99. The first-order valence-electron chi connectivity index (χ1n) is 7.21. The second-order valence-corrected chi connectivity index (χ2v) is 5.65. The van der Waals surface area contributed by atoms with E-state index in [-0.39, 0.29) is 0 Å². The molecule has 2 fully saturated rings. The molecule has 98 valence electrons. The lowest BCUT2D eigenvalue weighted by atomic mass is 9.99. The number of fused-ring (bicyclic) bond motifs is 1. The largest absolute Gasteiger partial charge is 0.301 e. The molecule has 1 atom stereocenters. The van der Waals surface area contributed by atoms with Gasteiger partial charge in [0.2, 0.25) is 0 Å². The van der Waals surface area contributed by atoms with Crippen molar-refractivity contribution in [2.45, 2.75) is 51.5 Å². The Bertz CT molecular complexity index is 255. The summed E-state index contributed by atoms with van der Waals surface area (Å²) in [5.41, 5.74) is 0. The van der Waals surface area contributed by atoms with E-state index in [0.29, 0.717) is 5.78 Å². The molecule has 2 saturated heterocycles. The van der Waals surface area contributed by atoms with Crippen LogP contribution in [0.5, 0.6) is 0 Å². The fourth-order valence-electron chi connectivity index (χ4n) is 3.13. The van der Waals surface area contributed by atoms with Gasteiger partial charge >= 0.3 is 0 Å². The van der Waals surface area contributed by atoms with Crippen LogP contribution >= 0.6 is 0 Å². The Hall–Kier alpha value is -0.410. The van der Waals surface area contributed by atoms with Crippen LogP contribution in [0.3, 0.4) is 0 Å². The molecule has 0 N–H and O–H groups in total. The predicted molar refractivity (Wildman–Crippen MR) is 70.2 cm³/mol. The minimum Gasteiger partial charge on any atom is -0.301 e. The maximum absolute atomic E-state index is 10.9. The van der Waals surface area contributed by atoms with Crippen LogP contribution in [0.15, 0.2) is 0 Å². The van der Waals surface area contributed by atoms with Crippen LogP contribution in [0.4, 0.5) is 0 Å². The van der Waals surface area contributed by atoms with Gasteiger partial charge in [-0.15, -0.1) is 0 Å². The maximum atomic E-state index is 10.9. The summed E-state index contributed by atoms with van der Waals surface area (Å²) in [7, 11) is 0. The fourth-order valence-corrected chi connectivity index (χ4v) is 3.13. The Morgan fingerprint density at radius 2 is 2.06 bits per heavy atom. The van der Waals surface area contributed by atoms with Crippen LogP contribution in [-0.4, -0.2) is 54.3 Å². The maximum Gasteiger partial charge on any atom is 0.129 e. The first-order chi connectivity index (χ1) is 8.25. The van der Waals surface area contributed by atoms with Crippen molar-refractivity contribution in [2.24, 2.45) is 0 Å². The average molecular weight is 238 g/mol. The van der Waals surface area contributed by atoms with E-state index in [2.05, 4.69) is 9.80 Å². The van der Waals surface area contributed by atoms with E-state index in [1.54, 1.807) is 6.92 Å². The molecule has 0 aromatic heterocycles. The summed E-state index contributed by atoms with van der Waals surface area (Å²) in [6.45, 7) is 7.97. The van der Waals surface area contributed by atoms with Gasteiger partial charge in [0.15, 0.2) is 0 Å². The first kappa shape index (κ1) is 13.0. The van der Waals surface area contributed by atoms with Crippen LogP contribution in [0, 0.1) is 0 Å². The van der Waals surface area contributed by atoms with Crippen LogP contribution in [0.2, 0.25) is 0 Å². The van der Waals surface area contributed by atoms with Crippen molar-refractivity contribution in [3.05, 3.63) is 0 Å². The zero-order chi connectivity index (χ0) is 12.1. The van der Waals surface area contributed by atoms with E-state index in [9.17, 15) is 4.79 Å². The van der Waals surface area contributed by atoms with Crippen LogP contribution in [0.25, 0.3) is 0 Å². The van der Waals surface area contributed by atoms with Crippen molar-refractivity contribution in [2.75, 3.05) is 32.7 Å². The van der Waals surface area contributed by atoms with Gasteiger partial charge in [-0.2, -0.15) is 0 Å². The molecule has 3 heteroatoms. The topological polar surface area (TPSA) is 23.6 Å². The molecular weight excluding hydrogens is 212 g/mol. The van der Waals surface area contributed by atoms with E-state index in [1.807, 2.05) is 0 Å². The first-order valence-corrected chi connectivity index (χ1v) is 7.21. The second kappa shape index (κ2) is 6.50. The van der Waals surface area contributed by atoms with Gasteiger partial charge in [-0.1, -0.05) is 6.42 Å². The molecule has 0 amide bonds. The van der Waals surface area contributed by atoms with E-state index in [4.69, 9.17) is 0 Å². The van der Waals surface area contributed by atoms with E-state index >= 15 is 0 Å². The number of unbranched alkanes of at least 4 members (excludes halogenated alkanes) is 1. The van der Waals surface area contributed by atoms with Crippen molar-refractivity contribution in [3.8, 4) is 0 Å². The molecule has 2 aliphatic heterocycles. The van der Waals surface area contributed by atoms with Gasteiger partial charge in [0.25, 0.3) is 0 Å². The monoisotopic (exact) mass is 238 g/mol. The zero-order valence-electron chi connectivity index (χ0n) is 11.2. The predicted octanol–water partition coefficient (Wildman–Crippen LogP) is 1.92. The van der Waals surface area contributed by atoms with Crippen molar-refractivity contribution in [1.82, 2.24) is 9.80 Å². The van der Waals surface area contributed by atoms with Gasteiger partial charge < -0.3 is 9.69 Å². The molecule has 2 aliphatic rings. The summed E-state index contributed by atoms with van der Waals surface area (Å²) in [5.74, 6) is 0.335. The highest BCUT2D eigenvalue weighted by Crippen LogP contribution is 2.21. The number of piperidine rings is 1. The number of nitrogens with zero attached hydrogens (tertiary/aromatic N) is 2. The molecular formula is C14H26N2O. The molecule has 0 aromatic rings. The summed E-state index contributed by atoms with van der Waals surface area (Å²) >= 11 is 0. The Labute approximate surface area is 105 Å². The number of ketones is 1. The normalized spacial score (nSPS) is 26.8. The highest BCUT2D eigenvalue weighted by Gasteiger charge is 2.28. The minimum absolute atomic E-state index is 0.335. The summed E-state index contributed by atoms with van der Waals surface area (Å²) in [4.78, 5) is 16.1. The smallest absolute Gasteiger partial charge is 0.129 e. The van der Waals surface area contributed by atoms with Gasteiger partial charge in [-0.3, -0.25) is 4.90 Å². The Morgan fingerprint density at radius 3 is 2.88 bits per heavy atom. The number of Topliss-reactive ketones (excluding diaryl/α,β-unsaturated/α-hetero) is 1. The highest BCUT2D eigenvalue weighted by molar-refractivity contribution is 5.75. The van der Waals surface area contributed by atoms with Gasteiger partial charge in [0, 0.05) is 32.1 Å². The zero-order valence-corrected chi connectivity index (χ0v) is 11.2. The van der Waals surface area contributed by atoms with Crippen molar-refractivity contribution < 1.29 is 4.79 Å². The molecule has 2 rings (SSSR count). The SMILES string of the molecule is CC(=O)CCCCN1CCN2CCCCC2C1. The summed E-state index contributed by atoms with van der Waals surface area (Å²) < 4.78 is 0. The lowest BCUT2D eigenvalue weighted by Crippen LogP contribution is -2.54. The standard InChI is InChI=1S/C14H26N2O/c1-13(17)6-2-4-8-15-10-11-16-9-5-3-7-14(16)12-15/h14H,2-12H2,1H3. The molecule has 0 aromatic carbocycles. The third-order valence-corrected chi connectivity index (χ3v) is 4.17. The van der Waals surface area contributed by atoms with Gasteiger partial charge in [-0.05, 0) is 45.7 Å². The molecule has 2 heterocycles. The van der Waals surface area contributed by atoms with Crippen molar-refractivity contribution in [3.63, 3.8) is 0 Å². The quantitative estimate of drug-likeness (QED) is 0.684. The molecule has 0 aliphatic carbocycles. The van der Waals surface area contributed by atoms with E-state index in [1.165, 1.54) is 58.4 Å². The number of carbonyl (C=O) groups is 1. The average Bonchev–Trinajstić information content (AvgIpc) is 2.34. The van der Waals surface area contributed by atoms with Crippen LogP contribution in [0.1, 0.15) is 45.4 Å². The van der Waals surface area contributed by atoms with Gasteiger partial charge in [-0.25, -0.2) is 0 Å². The Morgan fingerprint density at radius 1 is 1.18 bits per heavy atom. The minimum atomic E-state index is 0.335. The van der Waals surface area contributed by atoms with Gasteiger partial charge in [0.1, 0.15) is 5.78 Å². The van der Waals surface area contributed by atoms with Crippen LogP contribution < -0.4 is 0 Å². The summed E-state index contributed by atoms with van der Waals surface area (Å²) in [6.07, 6.45) is 7.23. The lowest BCUT2D eigenvalue weighted by molar-refractivity contribution is -0.117. The Balaban J connectivity index is 1.64. The van der Waals surface area contributed by atoms with E-state index < -0.39 is 0 Å². The second-order valence-electron chi connectivity index (χ2n) is 5.65. The number of rotatable bonds is 5. The number of piperazine rings is 1. The lowest BCUT2D eigenvalue weighted by Gasteiger charge is -2.44. The summed E-state index contributed by atoms with van der Waals surface area (Å²) in [6, 6.07) is 0.824. The van der Waals surface area contributed by atoms with Gasteiger partial charge in [0.05, 0.1) is 0 Å². The molecule has 0 bridgehead atoms. The van der Waals surface area contributed by atoms with Crippen molar-refractivity contribution >= 4 is 5.78 Å². The number of hydrogen-bond acceptors (Lipinski definition) is 3. The van der Waals surface area contributed by atoms with Crippen molar-refractivity contribution in [1.29, 1.82) is 0 Å². The van der Waals surface area contributed by atoms with Crippen LogP contribution in [-0.2, 0) is 4.79 Å². The summed E-state index contributed by atoms with van der Waals surface area (Å²) in [5, 5.41) is 0. The third kappa shape index (κ3) is 4.07. The molecule has 0 radical (unpaired) electrons. The van der Waals surface area contributed by atoms with E-state index in [0.717, 1.165) is 18.9 Å². The number of carbonyl (C=O) groups excluding carboxylic acids is 1. The molecule has 17 heavy (non-hydrogen) atoms. The molecule has 0 spiro atoms. The molecule has 3 nitrogen and oxygen atoms in total. The molecule has 1 unspecified atom stereocenters. The highest BCUT2D eigenvalue weighted by atomic mass is 16.1. The molecule has 0 saturated carbocycles. The number of hydrogen-bond donors (Lipinski definition) is 0. The third-order valence-electron chi connectivity index (χ3n) is 4.17.